The van der Waals surface area contributed by atoms with Gasteiger partial charge in [0.05, 0.1) is 29.3 Å². The Morgan fingerprint density at radius 1 is 1.50 bits per heavy atom. The summed E-state index contributed by atoms with van der Waals surface area (Å²) in [7, 11) is 0. The van der Waals surface area contributed by atoms with Crippen molar-refractivity contribution in [1.82, 2.24) is 10.2 Å². The largest absolute Gasteiger partial charge is 0.494 e. The minimum atomic E-state index is -0.426. The molecule has 0 saturated heterocycles. The maximum atomic E-state index is 11.1. The van der Waals surface area contributed by atoms with Gasteiger partial charge >= 0.3 is 0 Å². The number of aromatic nitrogens is 2. The molecule has 0 aliphatic carbocycles. The number of nitro benzene ring substituents is 1. The van der Waals surface area contributed by atoms with E-state index in [4.69, 9.17) is 4.74 Å². The van der Waals surface area contributed by atoms with Crippen molar-refractivity contribution in [3.05, 3.63) is 46.3 Å². The highest BCUT2D eigenvalue weighted by molar-refractivity contribution is 5.64. The number of nitrogens with one attached hydrogen (secondary N) is 2. The number of benzene rings is 1. The van der Waals surface area contributed by atoms with Gasteiger partial charge in [-0.3, -0.25) is 15.2 Å². The third kappa shape index (κ3) is 3.05. The lowest BCUT2D eigenvalue weighted by Crippen LogP contribution is -2.09. The first-order valence-electron chi connectivity index (χ1n) is 6.29. The molecule has 2 aromatic rings. The van der Waals surface area contributed by atoms with E-state index in [1.54, 1.807) is 18.3 Å². The lowest BCUT2D eigenvalue weighted by atomic mass is 10.2. The zero-order valence-electron chi connectivity index (χ0n) is 11.3. The number of aromatic amines is 1. The zero-order valence-corrected chi connectivity index (χ0v) is 11.3. The molecule has 0 spiro atoms. The van der Waals surface area contributed by atoms with Gasteiger partial charge in [0.2, 0.25) is 0 Å². The van der Waals surface area contributed by atoms with Crippen LogP contribution in [0.25, 0.3) is 0 Å². The number of anilines is 1. The number of hydrogen-bond donors (Lipinski definition) is 2. The van der Waals surface area contributed by atoms with E-state index in [0.717, 1.165) is 5.69 Å². The molecule has 0 saturated carbocycles. The second-order valence-electron chi connectivity index (χ2n) is 4.25. The lowest BCUT2D eigenvalue weighted by molar-refractivity contribution is -0.384. The van der Waals surface area contributed by atoms with Crippen molar-refractivity contribution < 1.29 is 9.66 Å². The summed E-state index contributed by atoms with van der Waals surface area (Å²) >= 11 is 0. The summed E-state index contributed by atoms with van der Waals surface area (Å²) in [6, 6.07) is 6.48. The van der Waals surface area contributed by atoms with Crippen molar-refractivity contribution in [2.45, 2.75) is 19.9 Å². The fourth-order valence-electron chi connectivity index (χ4n) is 1.86. The molecule has 0 bridgehead atoms. The van der Waals surface area contributed by atoms with Crippen molar-refractivity contribution in [2.24, 2.45) is 0 Å². The Labute approximate surface area is 116 Å². The van der Waals surface area contributed by atoms with Crippen molar-refractivity contribution in [3.8, 4) is 5.75 Å². The fraction of sp³-hybridized carbons (Fsp3) is 0.308. The number of hydrogen-bond acceptors (Lipinski definition) is 5. The van der Waals surface area contributed by atoms with Crippen molar-refractivity contribution in [1.29, 1.82) is 0 Å². The Morgan fingerprint density at radius 2 is 2.30 bits per heavy atom. The van der Waals surface area contributed by atoms with Crippen LogP contribution in [0.1, 0.15) is 25.6 Å². The topological polar surface area (TPSA) is 93.1 Å². The second kappa shape index (κ2) is 6.05. The number of nitro groups is 1. The van der Waals surface area contributed by atoms with Gasteiger partial charge in [-0.15, -0.1) is 0 Å². The highest BCUT2D eigenvalue weighted by atomic mass is 16.6. The highest BCUT2D eigenvalue weighted by Gasteiger charge is 2.17. The summed E-state index contributed by atoms with van der Waals surface area (Å²) < 4.78 is 5.28. The molecule has 2 rings (SSSR count). The Balaban J connectivity index is 2.24. The molecule has 2 N–H and O–H groups in total. The Bertz CT molecular complexity index is 583. The van der Waals surface area contributed by atoms with E-state index in [2.05, 4.69) is 15.5 Å². The van der Waals surface area contributed by atoms with Crippen LogP contribution in [0.3, 0.4) is 0 Å². The van der Waals surface area contributed by atoms with Crippen LogP contribution < -0.4 is 10.1 Å². The predicted octanol–water partition coefficient (Wildman–Crippen LogP) is 2.89. The maximum absolute atomic E-state index is 11.1. The van der Waals surface area contributed by atoms with Crippen LogP contribution in [0.4, 0.5) is 11.4 Å². The van der Waals surface area contributed by atoms with E-state index in [-0.39, 0.29) is 11.7 Å². The van der Waals surface area contributed by atoms with E-state index in [1.165, 1.54) is 6.07 Å². The zero-order chi connectivity index (χ0) is 14.5. The monoisotopic (exact) mass is 276 g/mol. The smallest absolute Gasteiger partial charge is 0.296 e. The third-order valence-electron chi connectivity index (χ3n) is 2.84. The SMILES string of the molecule is CCOc1ccc(NC(C)c2ccn[nH]2)c([N+](=O)[O-])c1. The Morgan fingerprint density at radius 3 is 2.90 bits per heavy atom. The van der Waals surface area contributed by atoms with Crippen molar-refractivity contribution in [3.63, 3.8) is 0 Å². The predicted molar refractivity (Wildman–Crippen MR) is 74.9 cm³/mol. The lowest BCUT2D eigenvalue weighted by Gasteiger charge is -2.14. The van der Waals surface area contributed by atoms with Gasteiger partial charge in [-0.05, 0) is 32.0 Å². The molecule has 7 nitrogen and oxygen atoms in total. The molecule has 1 heterocycles. The van der Waals surface area contributed by atoms with Gasteiger partial charge in [-0.1, -0.05) is 0 Å². The standard InChI is InChI=1S/C13H16N4O3/c1-3-20-10-4-5-12(13(8-10)17(18)19)15-9(2)11-6-7-14-16-11/h4-9,15H,3H2,1-2H3,(H,14,16). The minimum absolute atomic E-state index is 0.0117. The third-order valence-corrected chi connectivity index (χ3v) is 2.84. The molecular formula is C13H16N4O3. The van der Waals surface area contributed by atoms with Gasteiger partial charge in [-0.25, -0.2) is 0 Å². The Kier molecular flexibility index (Phi) is 4.19. The summed E-state index contributed by atoms with van der Waals surface area (Å²) in [4.78, 5) is 10.7. The highest BCUT2D eigenvalue weighted by Crippen LogP contribution is 2.31. The molecule has 0 aliphatic heterocycles. The second-order valence-corrected chi connectivity index (χ2v) is 4.25. The van der Waals surface area contributed by atoms with E-state index < -0.39 is 4.92 Å². The summed E-state index contributed by atoms with van der Waals surface area (Å²) in [5.41, 5.74) is 1.29. The number of nitrogens with zero attached hydrogens (tertiary/aromatic N) is 2. The Hall–Kier alpha value is -2.57. The van der Waals surface area contributed by atoms with E-state index >= 15 is 0 Å². The molecule has 0 radical (unpaired) electrons. The molecule has 1 aromatic heterocycles. The number of H-pyrrole nitrogens is 1. The molecule has 1 unspecified atom stereocenters. The van der Waals surface area contributed by atoms with Crippen LogP contribution >= 0.6 is 0 Å². The normalized spacial score (nSPS) is 11.9. The van der Waals surface area contributed by atoms with Gasteiger partial charge in [-0.2, -0.15) is 5.10 Å². The van der Waals surface area contributed by atoms with Crippen molar-refractivity contribution in [2.75, 3.05) is 11.9 Å². The van der Waals surface area contributed by atoms with E-state index in [9.17, 15) is 10.1 Å². The molecule has 0 aliphatic rings. The molecule has 1 aromatic carbocycles. The summed E-state index contributed by atoms with van der Waals surface area (Å²) in [5, 5.41) is 20.9. The number of rotatable bonds is 6. The maximum Gasteiger partial charge on any atom is 0.296 e. The minimum Gasteiger partial charge on any atom is -0.494 e. The summed E-state index contributed by atoms with van der Waals surface area (Å²) in [6.07, 6.45) is 1.64. The van der Waals surface area contributed by atoms with Gasteiger partial charge in [0.15, 0.2) is 0 Å². The van der Waals surface area contributed by atoms with E-state index in [0.29, 0.717) is 18.0 Å². The van der Waals surface area contributed by atoms with Gasteiger partial charge in [0, 0.05) is 6.20 Å². The first-order valence-corrected chi connectivity index (χ1v) is 6.29. The molecule has 7 heteroatoms. The van der Waals surface area contributed by atoms with E-state index in [1.807, 2.05) is 19.9 Å². The molecule has 0 amide bonds. The molecule has 20 heavy (non-hydrogen) atoms. The van der Waals surface area contributed by atoms with Crippen LogP contribution in [0.2, 0.25) is 0 Å². The van der Waals surface area contributed by atoms with Crippen LogP contribution in [0.5, 0.6) is 5.75 Å². The molecule has 106 valence electrons. The van der Waals surface area contributed by atoms with Crippen LogP contribution in [-0.2, 0) is 0 Å². The first kappa shape index (κ1) is 13.9. The van der Waals surface area contributed by atoms with Gasteiger partial charge in [0.25, 0.3) is 5.69 Å². The molecule has 0 fully saturated rings. The molecular weight excluding hydrogens is 260 g/mol. The van der Waals surface area contributed by atoms with Gasteiger partial charge in [0.1, 0.15) is 11.4 Å². The van der Waals surface area contributed by atoms with Crippen LogP contribution in [0, 0.1) is 10.1 Å². The van der Waals surface area contributed by atoms with Gasteiger partial charge < -0.3 is 10.1 Å². The summed E-state index contributed by atoms with van der Waals surface area (Å²) in [6.45, 7) is 4.19. The van der Waals surface area contributed by atoms with Crippen molar-refractivity contribution >= 4 is 11.4 Å². The molecule has 1 atom stereocenters. The quantitative estimate of drug-likeness (QED) is 0.625. The number of ether oxygens (including phenoxy) is 1. The average Bonchev–Trinajstić information content (AvgIpc) is 2.94. The van der Waals surface area contributed by atoms with Crippen LogP contribution in [-0.4, -0.2) is 21.7 Å². The van der Waals surface area contributed by atoms with Crippen LogP contribution in [0.15, 0.2) is 30.5 Å². The average molecular weight is 276 g/mol. The summed E-state index contributed by atoms with van der Waals surface area (Å²) in [5.74, 6) is 0.485. The first-order chi connectivity index (χ1) is 9.61. The fourth-order valence-corrected chi connectivity index (χ4v) is 1.86.